The smallest absolute Gasteiger partial charge is 0.363 e. The second kappa shape index (κ2) is 7.03. The van der Waals surface area contributed by atoms with Gasteiger partial charge in [0.1, 0.15) is 17.2 Å². The fraction of sp³-hybridized carbons (Fsp3) is 0. The lowest BCUT2D eigenvalue weighted by atomic mass is 10.3. The number of para-hydroxylation sites is 3. The molecule has 0 radical (unpaired) electrons. The van der Waals surface area contributed by atoms with E-state index < -0.39 is 5.97 Å². The van der Waals surface area contributed by atoms with Crippen LogP contribution < -0.4 is 9.47 Å². The van der Waals surface area contributed by atoms with E-state index in [1.165, 1.54) is 6.20 Å². The minimum absolute atomic E-state index is 0.160. The van der Waals surface area contributed by atoms with Crippen molar-refractivity contribution in [3.63, 3.8) is 0 Å². The molecule has 4 rings (SSSR count). The van der Waals surface area contributed by atoms with E-state index in [-0.39, 0.29) is 5.69 Å². The number of nitrogens with zero attached hydrogens (tertiary/aromatic N) is 2. The van der Waals surface area contributed by atoms with E-state index >= 15 is 0 Å². The molecule has 0 bridgehead atoms. The second-order valence-electron chi connectivity index (χ2n) is 5.52. The van der Waals surface area contributed by atoms with Gasteiger partial charge in [-0.1, -0.05) is 30.3 Å². The molecule has 0 fully saturated rings. The predicted octanol–water partition coefficient (Wildman–Crippen LogP) is 4.64. The number of esters is 1. The van der Waals surface area contributed by atoms with Gasteiger partial charge in [0.15, 0.2) is 5.69 Å². The van der Waals surface area contributed by atoms with Crippen LogP contribution in [-0.4, -0.2) is 15.9 Å². The highest BCUT2D eigenvalue weighted by Gasteiger charge is 2.12. The Morgan fingerprint density at radius 3 is 2.08 bits per heavy atom. The molecule has 0 aliphatic carbocycles. The third-order valence-corrected chi connectivity index (χ3v) is 3.67. The maximum atomic E-state index is 12.3. The number of hydrogen-bond donors (Lipinski definition) is 0. The van der Waals surface area contributed by atoms with Crippen molar-refractivity contribution in [1.82, 2.24) is 9.97 Å². The summed E-state index contributed by atoms with van der Waals surface area (Å²) in [5.41, 5.74) is 1.54. The van der Waals surface area contributed by atoms with Gasteiger partial charge in [-0.25, -0.2) is 9.78 Å². The van der Waals surface area contributed by atoms with Crippen molar-refractivity contribution in [2.45, 2.75) is 0 Å². The summed E-state index contributed by atoms with van der Waals surface area (Å²) in [7, 11) is 0. The van der Waals surface area contributed by atoms with Gasteiger partial charge in [0.25, 0.3) is 0 Å². The van der Waals surface area contributed by atoms with Crippen LogP contribution in [0.2, 0.25) is 0 Å². The quantitative estimate of drug-likeness (QED) is 0.399. The number of fused-ring (bicyclic) bond motifs is 1. The monoisotopic (exact) mass is 342 g/mol. The average molecular weight is 342 g/mol. The van der Waals surface area contributed by atoms with Gasteiger partial charge in [-0.2, -0.15) is 0 Å². The minimum atomic E-state index is -0.556. The van der Waals surface area contributed by atoms with Crippen LogP contribution in [0.4, 0.5) is 0 Å². The summed E-state index contributed by atoms with van der Waals surface area (Å²) in [5, 5.41) is 0. The molecule has 0 N–H and O–H groups in total. The third-order valence-electron chi connectivity index (χ3n) is 3.67. The molecule has 0 unspecified atom stereocenters. The first-order chi connectivity index (χ1) is 12.8. The summed E-state index contributed by atoms with van der Waals surface area (Å²) in [6.07, 6.45) is 1.41. The van der Waals surface area contributed by atoms with Crippen molar-refractivity contribution in [3.05, 3.63) is 90.8 Å². The van der Waals surface area contributed by atoms with E-state index in [2.05, 4.69) is 9.97 Å². The molecular formula is C21H14N2O3. The number of hydrogen-bond acceptors (Lipinski definition) is 5. The van der Waals surface area contributed by atoms with E-state index in [4.69, 9.17) is 9.47 Å². The standard InChI is InChI=1S/C21H14N2O3/c24-21(20-14-22-18-8-4-5-9-19(18)23-20)26-17-12-10-16(11-13-17)25-15-6-2-1-3-7-15/h1-14H. The molecule has 0 spiro atoms. The van der Waals surface area contributed by atoms with Crippen LogP contribution in [0, 0.1) is 0 Å². The van der Waals surface area contributed by atoms with E-state index in [1.807, 2.05) is 48.5 Å². The molecule has 0 aliphatic heterocycles. The Hall–Kier alpha value is -3.73. The topological polar surface area (TPSA) is 61.3 Å². The van der Waals surface area contributed by atoms with Crippen LogP contribution >= 0.6 is 0 Å². The molecule has 5 nitrogen and oxygen atoms in total. The first-order valence-electron chi connectivity index (χ1n) is 8.05. The van der Waals surface area contributed by atoms with E-state index in [0.717, 1.165) is 11.3 Å². The third kappa shape index (κ3) is 3.52. The summed E-state index contributed by atoms with van der Waals surface area (Å²) in [5.74, 6) is 1.25. The highest BCUT2D eigenvalue weighted by Crippen LogP contribution is 2.24. The summed E-state index contributed by atoms with van der Waals surface area (Å²) in [4.78, 5) is 20.8. The normalized spacial score (nSPS) is 10.5. The van der Waals surface area contributed by atoms with Crippen molar-refractivity contribution in [3.8, 4) is 17.2 Å². The lowest BCUT2D eigenvalue weighted by Crippen LogP contribution is -2.11. The maximum absolute atomic E-state index is 12.3. The summed E-state index contributed by atoms with van der Waals surface area (Å²) in [6, 6.07) is 23.6. The van der Waals surface area contributed by atoms with Crippen molar-refractivity contribution in [1.29, 1.82) is 0 Å². The Labute approximate surface area is 149 Å². The van der Waals surface area contributed by atoms with Gasteiger partial charge in [0.05, 0.1) is 17.2 Å². The molecule has 1 heterocycles. The van der Waals surface area contributed by atoms with Crippen molar-refractivity contribution in [2.24, 2.45) is 0 Å². The highest BCUT2D eigenvalue weighted by molar-refractivity contribution is 5.90. The highest BCUT2D eigenvalue weighted by atomic mass is 16.5. The molecular weight excluding hydrogens is 328 g/mol. The minimum Gasteiger partial charge on any atom is -0.457 e. The van der Waals surface area contributed by atoms with Crippen LogP contribution in [0.3, 0.4) is 0 Å². The lowest BCUT2D eigenvalue weighted by molar-refractivity contribution is 0.0728. The number of carbonyl (C=O) groups is 1. The Balaban J connectivity index is 1.46. The number of aromatic nitrogens is 2. The van der Waals surface area contributed by atoms with Gasteiger partial charge in [0.2, 0.25) is 0 Å². The molecule has 5 heteroatoms. The summed E-state index contributed by atoms with van der Waals surface area (Å²) in [6.45, 7) is 0. The van der Waals surface area contributed by atoms with E-state index in [1.54, 1.807) is 30.3 Å². The lowest BCUT2D eigenvalue weighted by Gasteiger charge is -2.07. The van der Waals surface area contributed by atoms with Crippen LogP contribution in [0.1, 0.15) is 10.5 Å². The molecule has 3 aromatic carbocycles. The van der Waals surface area contributed by atoms with Gasteiger partial charge in [-0.3, -0.25) is 4.98 Å². The largest absolute Gasteiger partial charge is 0.457 e. The molecule has 1 aromatic heterocycles. The van der Waals surface area contributed by atoms with Gasteiger partial charge in [-0.15, -0.1) is 0 Å². The van der Waals surface area contributed by atoms with E-state index in [9.17, 15) is 4.79 Å². The van der Waals surface area contributed by atoms with Gasteiger partial charge in [-0.05, 0) is 48.5 Å². The van der Waals surface area contributed by atoms with Crippen molar-refractivity contribution < 1.29 is 14.3 Å². The fourth-order valence-corrected chi connectivity index (χ4v) is 2.42. The average Bonchev–Trinajstić information content (AvgIpc) is 2.70. The molecule has 126 valence electrons. The fourth-order valence-electron chi connectivity index (χ4n) is 2.42. The molecule has 26 heavy (non-hydrogen) atoms. The van der Waals surface area contributed by atoms with Gasteiger partial charge < -0.3 is 9.47 Å². The van der Waals surface area contributed by atoms with Crippen molar-refractivity contribution >= 4 is 17.0 Å². The number of rotatable bonds is 4. The van der Waals surface area contributed by atoms with Crippen LogP contribution in [0.15, 0.2) is 85.1 Å². The molecule has 0 aliphatic rings. The number of ether oxygens (including phenoxy) is 2. The Kier molecular flexibility index (Phi) is 4.26. The first-order valence-corrected chi connectivity index (χ1v) is 8.05. The van der Waals surface area contributed by atoms with E-state index in [0.29, 0.717) is 17.0 Å². The zero-order chi connectivity index (χ0) is 17.8. The van der Waals surface area contributed by atoms with Crippen LogP contribution in [-0.2, 0) is 0 Å². The second-order valence-corrected chi connectivity index (χ2v) is 5.52. The molecule has 0 saturated heterocycles. The van der Waals surface area contributed by atoms with Crippen LogP contribution in [0.25, 0.3) is 11.0 Å². The zero-order valence-corrected chi connectivity index (χ0v) is 13.7. The van der Waals surface area contributed by atoms with Gasteiger partial charge in [0, 0.05) is 0 Å². The predicted molar refractivity (Wildman–Crippen MR) is 97.5 cm³/mol. The van der Waals surface area contributed by atoms with Crippen LogP contribution in [0.5, 0.6) is 17.2 Å². The number of benzene rings is 3. The molecule has 0 amide bonds. The summed E-state index contributed by atoms with van der Waals surface area (Å²) < 4.78 is 11.1. The Morgan fingerprint density at radius 1 is 0.692 bits per heavy atom. The Bertz CT molecular complexity index is 1050. The molecule has 0 saturated carbocycles. The number of carbonyl (C=O) groups excluding carboxylic acids is 1. The first kappa shape index (κ1) is 15.8. The van der Waals surface area contributed by atoms with Crippen molar-refractivity contribution in [2.75, 3.05) is 0 Å². The summed E-state index contributed by atoms with van der Waals surface area (Å²) >= 11 is 0. The Morgan fingerprint density at radius 2 is 1.31 bits per heavy atom. The SMILES string of the molecule is O=C(Oc1ccc(Oc2ccccc2)cc1)c1cnc2ccccc2n1. The molecule has 4 aromatic rings. The zero-order valence-electron chi connectivity index (χ0n) is 13.7. The van der Waals surface area contributed by atoms with Gasteiger partial charge >= 0.3 is 5.97 Å². The molecule has 0 atom stereocenters. The maximum Gasteiger partial charge on any atom is 0.363 e.